The van der Waals surface area contributed by atoms with Crippen LogP contribution in [0.2, 0.25) is 0 Å². The van der Waals surface area contributed by atoms with Crippen LogP contribution in [0.15, 0.2) is 28.7 Å². The van der Waals surface area contributed by atoms with E-state index in [9.17, 15) is 9.59 Å². The zero-order valence-corrected chi connectivity index (χ0v) is 10.3. The average Bonchev–Trinajstić information content (AvgIpc) is 2.39. The highest BCUT2D eigenvalue weighted by molar-refractivity contribution is 9.10. The molecule has 1 heterocycles. The zero-order valence-electron chi connectivity index (χ0n) is 8.71. The predicted octanol–water partition coefficient (Wildman–Crippen LogP) is 1.59. The van der Waals surface area contributed by atoms with Crippen molar-refractivity contribution in [3.63, 3.8) is 0 Å². The molecular weight excluding hydrogens is 272 g/mol. The van der Waals surface area contributed by atoms with Gasteiger partial charge in [-0.25, -0.2) is 4.79 Å². The summed E-state index contributed by atoms with van der Waals surface area (Å²) in [6.07, 6.45) is 0.476. The Morgan fingerprint density at radius 3 is 2.69 bits per heavy atom. The van der Waals surface area contributed by atoms with Crippen molar-refractivity contribution in [2.45, 2.75) is 18.9 Å². The van der Waals surface area contributed by atoms with E-state index in [0.29, 0.717) is 6.42 Å². The predicted molar refractivity (Wildman–Crippen MR) is 62.9 cm³/mol. The molecule has 1 atom stereocenters. The third-order valence-corrected chi connectivity index (χ3v) is 3.06. The second-order valence-corrected chi connectivity index (χ2v) is 4.96. The molecule has 0 radical (unpaired) electrons. The maximum Gasteiger partial charge on any atom is 0.322 e. The Hall–Kier alpha value is -1.36. The summed E-state index contributed by atoms with van der Waals surface area (Å²) < 4.78 is 0.957. The van der Waals surface area contributed by atoms with E-state index in [4.69, 9.17) is 0 Å². The minimum Gasteiger partial charge on any atom is -0.323 e. The summed E-state index contributed by atoms with van der Waals surface area (Å²) in [4.78, 5) is 22.7. The summed E-state index contributed by atoms with van der Waals surface area (Å²) in [5.74, 6) is -0.280. The molecule has 4 nitrogen and oxygen atoms in total. The van der Waals surface area contributed by atoms with Crippen molar-refractivity contribution in [3.8, 4) is 0 Å². The Morgan fingerprint density at radius 2 is 2.12 bits per heavy atom. The number of amides is 3. The number of urea groups is 1. The monoisotopic (exact) mass is 282 g/mol. The Labute approximate surface area is 102 Å². The van der Waals surface area contributed by atoms with Gasteiger partial charge in [-0.05, 0) is 24.6 Å². The fourth-order valence-corrected chi connectivity index (χ4v) is 2.21. The molecule has 1 aliphatic heterocycles. The second-order valence-electron chi connectivity index (χ2n) is 4.05. The van der Waals surface area contributed by atoms with Crippen LogP contribution in [0.25, 0.3) is 0 Å². The first kappa shape index (κ1) is 11.1. The van der Waals surface area contributed by atoms with Crippen LogP contribution in [-0.2, 0) is 11.2 Å². The summed E-state index contributed by atoms with van der Waals surface area (Å²) in [7, 11) is 0. The first-order valence-corrected chi connectivity index (χ1v) is 5.67. The van der Waals surface area contributed by atoms with Crippen molar-refractivity contribution < 1.29 is 9.59 Å². The van der Waals surface area contributed by atoms with E-state index < -0.39 is 11.6 Å². The summed E-state index contributed by atoms with van der Waals surface area (Å²) in [5.41, 5.74) is 0.145. The molecule has 2 rings (SSSR count). The fourth-order valence-electron chi connectivity index (χ4n) is 1.76. The van der Waals surface area contributed by atoms with Crippen LogP contribution in [0.5, 0.6) is 0 Å². The number of nitrogens with one attached hydrogen (secondary N) is 2. The van der Waals surface area contributed by atoms with Crippen molar-refractivity contribution in [1.82, 2.24) is 10.6 Å². The quantitative estimate of drug-likeness (QED) is 0.810. The Balaban J connectivity index is 2.21. The van der Waals surface area contributed by atoms with Gasteiger partial charge in [0.1, 0.15) is 5.54 Å². The number of halogens is 1. The Bertz CT molecular complexity index is 461. The molecule has 5 heteroatoms. The van der Waals surface area contributed by atoms with Gasteiger partial charge in [0, 0.05) is 10.9 Å². The molecule has 1 aromatic rings. The largest absolute Gasteiger partial charge is 0.323 e. The van der Waals surface area contributed by atoms with Gasteiger partial charge in [0.2, 0.25) is 0 Å². The Morgan fingerprint density at radius 1 is 1.38 bits per heavy atom. The van der Waals surface area contributed by atoms with Crippen molar-refractivity contribution in [3.05, 3.63) is 34.3 Å². The van der Waals surface area contributed by atoms with E-state index in [1.807, 2.05) is 24.3 Å². The van der Waals surface area contributed by atoms with Gasteiger partial charge in [-0.3, -0.25) is 10.1 Å². The number of carbonyl (C=O) groups is 2. The fraction of sp³-hybridized carbons (Fsp3) is 0.273. The van der Waals surface area contributed by atoms with E-state index in [-0.39, 0.29) is 5.91 Å². The second kappa shape index (κ2) is 3.90. The summed E-state index contributed by atoms with van der Waals surface area (Å²) in [5, 5.41) is 4.87. The first-order valence-electron chi connectivity index (χ1n) is 4.88. The van der Waals surface area contributed by atoms with Crippen LogP contribution in [-0.4, -0.2) is 17.5 Å². The minimum absolute atomic E-state index is 0.280. The first-order chi connectivity index (χ1) is 7.49. The molecule has 0 aliphatic carbocycles. The molecule has 2 N–H and O–H groups in total. The highest BCUT2D eigenvalue weighted by atomic mass is 79.9. The number of hydrogen-bond acceptors (Lipinski definition) is 2. The van der Waals surface area contributed by atoms with Crippen molar-refractivity contribution >= 4 is 27.9 Å². The molecule has 0 aromatic heterocycles. The highest BCUT2D eigenvalue weighted by Crippen LogP contribution is 2.19. The number of hydrogen-bond donors (Lipinski definition) is 2. The molecule has 1 fully saturated rings. The van der Waals surface area contributed by atoms with Crippen molar-refractivity contribution in [2.75, 3.05) is 0 Å². The maximum absolute atomic E-state index is 11.6. The average molecular weight is 283 g/mol. The third-order valence-electron chi connectivity index (χ3n) is 2.56. The number of imide groups is 1. The molecule has 1 aromatic carbocycles. The van der Waals surface area contributed by atoms with Crippen LogP contribution in [0.4, 0.5) is 4.79 Å². The van der Waals surface area contributed by atoms with Crippen LogP contribution in [0, 0.1) is 0 Å². The molecule has 16 heavy (non-hydrogen) atoms. The SMILES string of the molecule is CC1(Cc2cccc(Br)c2)NC(=O)NC1=O. The summed E-state index contributed by atoms with van der Waals surface area (Å²) in [6, 6.07) is 7.25. The standard InChI is InChI=1S/C11H11BrN2O2/c1-11(9(15)13-10(16)14-11)6-7-3-2-4-8(12)5-7/h2-5H,6H2,1H3,(H2,13,14,15,16). The van der Waals surface area contributed by atoms with Crippen LogP contribution in [0.3, 0.4) is 0 Å². The molecule has 84 valence electrons. The molecule has 0 bridgehead atoms. The van der Waals surface area contributed by atoms with E-state index in [2.05, 4.69) is 26.6 Å². The van der Waals surface area contributed by atoms with E-state index in [1.165, 1.54) is 0 Å². The molecule has 1 unspecified atom stereocenters. The van der Waals surface area contributed by atoms with Crippen molar-refractivity contribution in [1.29, 1.82) is 0 Å². The van der Waals surface area contributed by atoms with Gasteiger partial charge >= 0.3 is 6.03 Å². The number of benzene rings is 1. The number of rotatable bonds is 2. The lowest BCUT2D eigenvalue weighted by atomic mass is 9.93. The van der Waals surface area contributed by atoms with Crippen LogP contribution in [0.1, 0.15) is 12.5 Å². The zero-order chi connectivity index (χ0) is 11.8. The molecule has 3 amide bonds. The molecule has 0 saturated carbocycles. The van der Waals surface area contributed by atoms with Crippen LogP contribution < -0.4 is 10.6 Å². The topological polar surface area (TPSA) is 58.2 Å². The van der Waals surface area contributed by atoms with Crippen LogP contribution >= 0.6 is 15.9 Å². The lowest BCUT2D eigenvalue weighted by Gasteiger charge is -2.20. The van der Waals surface area contributed by atoms with Gasteiger partial charge in [-0.1, -0.05) is 28.1 Å². The Kier molecular flexibility index (Phi) is 2.71. The van der Waals surface area contributed by atoms with Gasteiger partial charge < -0.3 is 5.32 Å². The van der Waals surface area contributed by atoms with Gasteiger partial charge in [0.05, 0.1) is 0 Å². The lowest BCUT2D eigenvalue weighted by Crippen LogP contribution is -2.45. The molecular formula is C11H11BrN2O2. The van der Waals surface area contributed by atoms with Gasteiger partial charge in [-0.15, -0.1) is 0 Å². The van der Waals surface area contributed by atoms with E-state index in [1.54, 1.807) is 6.92 Å². The summed E-state index contributed by atoms with van der Waals surface area (Å²) in [6.45, 7) is 1.72. The molecule has 1 saturated heterocycles. The summed E-state index contributed by atoms with van der Waals surface area (Å²) >= 11 is 3.37. The number of carbonyl (C=O) groups excluding carboxylic acids is 2. The highest BCUT2D eigenvalue weighted by Gasteiger charge is 2.41. The molecule has 1 aliphatic rings. The van der Waals surface area contributed by atoms with Crippen molar-refractivity contribution in [2.24, 2.45) is 0 Å². The van der Waals surface area contributed by atoms with E-state index >= 15 is 0 Å². The van der Waals surface area contributed by atoms with Gasteiger partial charge in [0.15, 0.2) is 0 Å². The smallest absolute Gasteiger partial charge is 0.322 e. The molecule has 0 spiro atoms. The van der Waals surface area contributed by atoms with Gasteiger partial charge in [0.25, 0.3) is 5.91 Å². The van der Waals surface area contributed by atoms with E-state index in [0.717, 1.165) is 10.0 Å². The normalized spacial score (nSPS) is 24.1. The minimum atomic E-state index is -0.849. The van der Waals surface area contributed by atoms with Gasteiger partial charge in [-0.2, -0.15) is 0 Å². The third kappa shape index (κ3) is 2.09. The maximum atomic E-state index is 11.6. The lowest BCUT2D eigenvalue weighted by molar-refractivity contribution is -0.123.